The Morgan fingerprint density at radius 3 is 2.25 bits per heavy atom. The minimum Gasteiger partial charge on any atom is -0.378 e. The second-order valence-corrected chi connectivity index (χ2v) is 6.46. The highest BCUT2D eigenvalue weighted by Gasteiger charge is 2.22. The monoisotopic (exact) mass is 289 g/mol. The summed E-state index contributed by atoms with van der Waals surface area (Å²) in [4.78, 5) is 3.68. The molecule has 3 heteroatoms. The van der Waals surface area contributed by atoms with Crippen molar-refractivity contribution in [3.63, 3.8) is 0 Å². The number of aromatic nitrogens is 1. The molecule has 20 heavy (non-hydrogen) atoms. The first-order valence-electron chi connectivity index (χ1n) is 7.36. The molecular formula is C17H25N2S+. The Kier molecular flexibility index (Phi) is 4.81. The van der Waals surface area contributed by atoms with Crippen molar-refractivity contribution in [2.24, 2.45) is 7.05 Å². The van der Waals surface area contributed by atoms with Gasteiger partial charge in [0.05, 0.1) is 10.4 Å². The zero-order valence-electron chi connectivity index (χ0n) is 13.2. The minimum atomic E-state index is 1.11. The van der Waals surface area contributed by atoms with Gasteiger partial charge in [-0.3, -0.25) is 0 Å². The maximum Gasteiger partial charge on any atom is 0.269 e. The van der Waals surface area contributed by atoms with Crippen LogP contribution in [0.4, 0.5) is 5.69 Å². The maximum absolute atomic E-state index is 2.38. The number of benzene rings is 1. The van der Waals surface area contributed by atoms with Gasteiger partial charge in [-0.15, -0.1) is 0 Å². The molecule has 0 aliphatic heterocycles. The molecular weight excluding hydrogens is 264 g/mol. The third-order valence-corrected chi connectivity index (χ3v) is 5.08. The van der Waals surface area contributed by atoms with E-state index in [4.69, 9.17) is 0 Å². The summed E-state index contributed by atoms with van der Waals surface area (Å²) in [5.41, 5.74) is 4.06. The highest BCUT2D eigenvalue weighted by Crippen LogP contribution is 2.28. The predicted octanol–water partition coefficient (Wildman–Crippen LogP) is 3.82. The van der Waals surface area contributed by atoms with Gasteiger partial charge in [0.1, 0.15) is 7.05 Å². The number of anilines is 1. The summed E-state index contributed by atoms with van der Waals surface area (Å²) in [5, 5.41) is 1.37. The van der Waals surface area contributed by atoms with E-state index >= 15 is 0 Å². The molecule has 1 aromatic carbocycles. The average molecular weight is 289 g/mol. The molecule has 0 saturated heterocycles. The smallest absolute Gasteiger partial charge is 0.269 e. The van der Waals surface area contributed by atoms with E-state index in [2.05, 4.69) is 68.7 Å². The van der Waals surface area contributed by atoms with Gasteiger partial charge in [-0.1, -0.05) is 31.6 Å². The van der Waals surface area contributed by atoms with Crippen LogP contribution in [0.3, 0.4) is 0 Å². The Bertz CT molecular complexity index is 567. The third kappa shape index (κ3) is 2.88. The lowest BCUT2D eigenvalue weighted by molar-refractivity contribution is -0.663. The number of hydrogen-bond acceptors (Lipinski definition) is 2. The first-order valence-corrected chi connectivity index (χ1v) is 8.18. The van der Waals surface area contributed by atoms with Crippen molar-refractivity contribution in [2.75, 3.05) is 19.0 Å². The SMILES string of the molecule is CCCc1sc(-c2ccc(N(C)C)cc2)[n+](C)c1CC. The Hall–Kier alpha value is -1.35. The molecule has 0 atom stereocenters. The summed E-state index contributed by atoms with van der Waals surface area (Å²) in [6.45, 7) is 4.50. The molecule has 2 nitrogen and oxygen atoms in total. The fourth-order valence-electron chi connectivity index (χ4n) is 2.57. The second-order valence-electron chi connectivity index (χ2n) is 5.38. The van der Waals surface area contributed by atoms with E-state index < -0.39 is 0 Å². The van der Waals surface area contributed by atoms with Crippen molar-refractivity contribution in [3.05, 3.63) is 34.8 Å². The van der Waals surface area contributed by atoms with Crippen LogP contribution >= 0.6 is 11.3 Å². The van der Waals surface area contributed by atoms with Crippen LogP contribution in [0.15, 0.2) is 24.3 Å². The molecule has 0 radical (unpaired) electrons. The normalized spacial score (nSPS) is 10.8. The zero-order valence-corrected chi connectivity index (χ0v) is 14.0. The van der Waals surface area contributed by atoms with Crippen LogP contribution in [-0.2, 0) is 19.9 Å². The summed E-state index contributed by atoms with van der Waals surface area (Å²) in [5.74, 6) is 0. The summed E-state index contributed by atoms with van der Waals surface area (Å²) >= 11 is 1.95. The lowest BCUT2D eigenvalue weighted by atomic mass is 10.2. The molecule has 2 aromatic rings. The molecule has 0 amide bonds. The first-order chi connectivity index (χ1) is 9.58. The Morgan fingerprint density at radius 1 is 1.10 bits per heavy atom. The lowest BCUT2D eigenvalue weighted by Crippen LogP contribution is -2.33. The van der Waals surface area contributed by atoms with Crippen LogP contribution < -0.4 is 9.47 Å². The van der Waals surface area contributed by atoms with Crippen molar-refractivity contribution >= 4 is 17.0 Å². The average Bonchev–Trinajstić information content (AvgIpc) is 2.75. The Balaban J connectivity index is 2.41. The molecule has 108 valence electrons. The van der Waals surface area contributed by atoms with E-state index in [1.165, 1.54) is 34.8 Å². The van der Waals surface area contributed by atoms with Gasteiger partial charge in [0.25, 0.3) is 5.01 Å². The van der Waals surface area contributed by atoms with E-state index in [9.17, 15) is 0 Å². The van der Waals surface area contributed by atoms with Crippen LogP contribution in [0.1, 0.15) is 30.8 Å². The van der Waals surface area contributed by atoms with E-state index in [1.807, 2.05) is 11.3 Å². The molecule has 2 rings (SSSR count). The number of rotatable bonds is 5. The minimum absolute atomic E-state index is 1.11. The van der Waals surface area contributed by atoms with Crippen LogP contribution in [0.2, 0.25) is 0 Å². The largest absolute Gasteiger partial charge is 0.378 e. The van der Waals surface area contributed by atoms with Crippen LogP contribution in [0, 0.1) is 0 Å². The number of hydrogen-bond donors (Lipinski definition) is 0. The number of thiazole rings is 1. The van der Waals surface area contributed by atoms with Crippen LogP contribution in [0.25, 0.3) is 10.6 Å². The first kappa shape index (κ1) is 15.0. The van der Waals surface area contributed by atoms with Gasteiger partial charge in [0, 0.05) is 26.2 Å². The molecule has 0 aliphatic carbocycles. The van der Waals surface area contributed by atoms with Crippen LogP contribution in [-0.4, -0.2) is 14.1 Å². The fourth-order valence-corrected chi connectivity index (χ4v) is 4.00. The third-order valence-electron chi connectivity index (χ3n) is 3.69. The highest BCUT2D eigenvalue weighted by atomic mass is 32.1. The van der Waals surface area contributed by atoms with Crippen molar-refractivity contribution in [3.8, 4) is 10.6 Å². The van der Waals surface area contributed by atoms with E-state index in [1.54, 1.807) is 4.88 Å². The van der Waals surface area contributed by atoms with Gasteiger partial charge in [-0.2, -0.15) is 4.57 Å². The fraction of sp³-hybridized carbons (Fsp3) is 0.471. The van der Waals surface area contributed by atoms with E-state index in [-0.39, 0.29) is 0 Å². The summed E-state index contributed by atoms with van der Waals surface area (Å²) < 4.78 is 2.38. The molecule has 0 fully saturated rings. The van der Waals surface area contributed by atoms with Gasteiger partial charge in [0.2, 0.25) is 0 Å². The molecule has 0 saturated carbocycles. The number of nitrogens with zero attached hydrogens (tertiary/aromatic N) is 2. The van der Waals surface area contributed by atoms with Gasteiger partial charge in [0.15, 0.2) is 5.69 Å². The van der Waals surface area contributed by atoms with Crippen molar-refractivity contribution in [1.29, 1.82) is 0 Å². The Labute approximate surface area is 126 Å². The van der Waals surface area contributed by atoms with Crippen LogP contribution in [0.5, 0.6) is 0 Å². The Morgan fingerprint density at radius 2 is 1.75 bits per heavy atom. The summed E-state index contributed by atoms with van der Waals surface area (Å²) in [6, 6.07) is 8.85. The van der Waals surface area contributed by atoms with E-state index in [0.29, 0.717) is 0 Å². The zero-order chi connectivity index (χ0) is 14.7. The van der Waals surface area contributed by atoms with Gasteiger partial charge in [-0.25, -0.2) is 0 Å². The predicted molar refractivity (Wildman–Crippen MR) is 88.6 cm³/mol. The second kappa shape index (κ2) is 6.40. The van der Waals surface area contributed by atoms with Crippen molar-refractivity contribution in [1.82, 2.24) is 0 Å². The molecule has 1 aromatic heterocycles. The standard InChI is InChI=1S/C17H25N2S/c1-6-8-16-15(7-2)19(5)17(20-16)13-9-11-14(12-10-13)18(3)4/h9-12H,6-8H2,1-5H3/q+1. The van der Waals surface area contributed by atoms with Gasteiger partial charge >= 0.3 is 0 Å². The van der Waals surface area contributed by atoms with Gasteiger partial charge in [-0.05, 0) is 30.7 Å². The molecule has 0 bridgehead atoms. The molecule has 0 spiro atoms. The van der Waals surface area contributed by atoms with E-state index in [0.717, 1.165) is 6.42 Å². The molecule has 0 aliphatic rings. The molecule has 1 heterocycles. The topological polar surface area (TPSA) is 7.12 Å². The maximum atomic E-state index is 2.38. The summed E-state index contributed by atoms with van der Waals surface area (Å²) in [7, 11) is 6.35. The quantitative estimate of drug-likeness (QED) is 0.759. The molecule has 0 unspecified atom stereocenters. The number of aryl methyl sites for hydroxylation is 1. The lowest BCUT2D eigenvalue weighted by Gasteiger charge is -2.11. The van der Waals surface area contributed by atoms with Crippen molar-refractivity contribution < 1.29 is 4.57 Å². The van der Waals surface area contributed by atoms with Gasteiger partial charge < -0.3 is 4.90 Å². The molecule has 0 N–H and O–H groups in total. The highest BCUT2D eigenvalue weighted by molar-refractivity contribution is 7.14. The van der Waals surface area contributed by atoms with Crippen molar-refractivity contribution in [2.45, 2.75) is 33.1 Å². The summed E-state index contributed by atoms with van der Waals surface area (Å²) in [6.07, 6.45) is 3.52.